The molecular weight excluding hydrogens is 204 g/mol. The van der Waals surface area contributed by atoms with Gasteiger partial charge in [0.2, 0.25) is 0 Å². The van der Waals surface area contributed by atoms with E-state index >= 15 is 0 Å². The molecule has 1 N–H and O–H groups in total. The van der Waals surface area contributed by atoms with Crippen molar-refractivity contribution >= 4 is 0 Å². The minimum absolute atomic E-state index is 0.500. The molecule has 0 bridgehead atoms. The zero-order valence-electron chi connectivity index (χ0n) is 9.55. The van der Waals surface area contributed by atoms with Crippen LogP contribution < -0.4 is 0 Å². The van der Waals surface area contributed by atoms with E-state index in [0.717, 1.165) is 17.2 Å². The molecule has 0 radical (unpaired) electrons. The molecule has 2 rings (SSSR count). The van der Waals surface area contributed by atoms with Crippen molar-refractivity contribution in [2.75, 3.05) is 0 Å². The van der Waals surface area contributed by atoms with Crippen LogP contribution >= 0.6 is 0 Å². The van der Waals surface area contributed by atoms with Crippen molar-refractivity contribution in [1.29, 1.82) is 0 Å². The number of hydrogen-bond acceptors (Lipinski definition) is 4. The molecule has 0 amide bonds. The molecule has 0 aliphatic heterocycles. The average molecular weight is 218 g/mol. The summed E-state index contributed by atoms with van der Waals surface area (Å²) < 4.78 is 1.68. The molecule has 0 aliphatic carbocycles. The Labute approximate surface area is 93.8 Å². The van der Waals surface area contributed by atoms with E-state index in [0.29, 0.717) is 5.82 Å². The highest BCUT2D eigenvalue weighted by Gasteiger charge is 2.07. The monoisotopic (exact) mass is 218 g/mol. The maximum absolute atomic E-state index is 9.37. The van der Waals surface area contributed by atoms with Crippen molar-refractivity contribution in [1.82, 2.24) is 19.7 Å². The van der Waals surface area contributed by atoms with Gasteiger partial charge in [-0.15, -0.1) is 5.10 Å². The van der Waals surface area contributed by atoms with Gasteiger partial charge in [-0.05, 0) is 32.4 Å². The molecule has 0 aromatic carbocycles. The molecule has 1 atom stereocenters. The van der Waals surface area contributed by atoms with Gasteiger partial charge in [-0.1, -0.05) is 6.07 Å². The van der Waals surface area contributed by atoms with Crippen molar-refractivity contribution in [2.24, 2.45) is 0 Å². The number of hydrogen-bond donors (Lipinski definition) is 1. The predicted molar refractivity (Wildman–Crippen MR) is 59.3 cm³/mol. The van der Waals surface area contributed by atoms with Crippen LogP contribution in [-0.4, -0.2) is 24.9 Å². The molecular formula is C11H14N4O. The van der Waals surface area contributed by atoms with Gasteiger partial charge in [0.25, 0.3) is 0 Å². The fourth-order valence-electron chi connectivity index (χ4n) is 1.51. The highest BCUT2D eigenvalue weighted by molar-refractivity contribution is 5.26. The predicted octanol–water partition coefficient (Wildman–Crippen LogP) is 1.33. The van der Waals surface area contributed by atoms with Crippen molar-refractivity contribution in [2.45, 2.75) is 26.9 Å². The minimum Gasteiger partial charge on any atom is -0.389 e. The van der Waals surface area contributed by atoms with Gasteiger partial charge >= 0.3 is 0 Å². The first-order chi connectivity index (χ1) is 7.58. The van der Waals surface area contributed by atoms with E-state index in [1.807, 2.05) is 26.0 Å². The number of aliphatic hydroxyl groups is 1. The summed E-state index contributed by atoms with van der Waals surface area (Å²) in [5.41, 5.74) is 0.790. The van der Waals surface area contributed by atoms with Crippen LogP contribution in [0.15, 0.2) is 18.3 Å². The zero-order chi connectivity index (χ0) is 11.7. The normalized spacial score (nSPS) is 12.8. The summed E-state index contributed by atoms with van der Waals surface area (Å²) in [6.45, 7) is 5.43. The fraction of sp³-hybridized carbons (Fsp3) is 0.364. The molecule has 16 heavy (non-hydrogen) atoms. The first-order valence-corrected chi connectivity index (χ1v) is 5.12. The number of aliphatic hydroxyl groups excluding tert-OH is 1. The highest BCUT2D eigenvalue weighted by atomic mass is 16.3. The van der Waals surface area contributed by atoms with Crippen LogP contribution in [0.3, 0.4) is 0 Å². The molecule has 5 nitrogen and oxygen atoms in total. The van der Waals surface area contributed by atoms with E-state index in [4.69, 9.17) is 0 Å². The summed E-state index contributed by atoms with van der Waals surface area (Å²) >= 11 is 0. The van der Waals surface area contributed by atoms with E-state index in [2.05, 4.69) is 15.1 Å². The minimum atomic E-state index is -0.500. The highest BCUT2D eigenvalue weighted by Crippen LogP contribution is 2.13. The van der Waals surface area contributed by atoms with Gasteiger partial charge in [0.15, 0.2) is 5.82 Å². The third-order valence-electron chi connectivity index (χ3n) is 2.35. The van der Waals surface area contributed by atoms with E-state index < -0.39 is 6.10 Å². The van der Waals surface area contributed by atoms with Crippen LogP contribution in [-0.2, 0) is 0 Å². The largest absolute Gasteiger partial charge is 0.389 e. The third kappa shape index (κ3) is 1.94. The molecule has 0 spiro atoms. The number of rotatable bonds is 2. The second kappa shape index (κ2) is 4.02. The van der Waals surface area contributed by atoms with Gasteiger partial charge in [0.05, 0.1) is 6.10 Å². The summed E-state index contributed by atoms with van der Waals surface area (Å²) in [4.78, 5) is 8.45. The van der Waals surface area contributed by atoms with Crippen molar-refractivity contribution in [3.8, 4) is 5.82 Å². The summed E-state index contributed by atoms with van der Waals surface area (Å²) in [6, 6.07) is 3.66. The molecule has 2 aromatic heterocycles. The summed E-state index contributed by atoms with van der Waals surface area (Å²) in [7, 11) is 0. The van der Waals surface area contributed by atoms with Crippen molar-refractivity contribution in [3.05, 3.63) is 35.5 Å². The summed E-state index contributed by atoms with van der Waals surface area (Å²) in [6.07, 6.45) is 1.15. The Morgan fingerprint density at radius 2 is 2.06 bits per heavy atom. The van der Waals surface area contributed by atoms with Gasteiger partial charge in [-0.2, -0.15) is 4.68 Å². The Hall–Kier alpha value is -1.75. The molecule has 0 saturated carbocycles. The van der Waals surface area contributed by atoms with Crippen LogP contribution in [0.25, 0.3) is 5.82 Å². The van der Waals surface area contributed by atoms with Crippen molar-refractivity contribution in [3.63, 3.8) is 0 Å². The molecule has 0 saturated heterocycles. The first-order valence-electron chi connectivity index (χ1n) is 5.12. The van der Waals surface area contributed by atoms with Gasteiger partial charge in [-0.25, -0.2) is 9.97 Å². The lowest BCUT2D eigenvalue weighted by molar-refractivity contribution is 0.199. The topological polar surface area (TPSA) is 63.8 Å². The van der Waals surface area contributed by atoms with E-state index in [-0.39, 0.29) is 0 Å². The maximum Gasteiger partial charge on any atom is 0.155 e. The van der Waals surface area contributed by atoms with Gasteiger partial charge in [0.1, 0.15) is 11.6 Å². The van der Waals surface area contributed by atoms with E-state index in [1.165, 1.54) is 0 Å². The summed E-state index contributed by atoms with van der Waals surface area (Å²) in [5.74, 6) is 2.23. The molecule has 2 heterocycles. The molecule has 0 aliphatic rings. The number of aromatic nitrogens is 4. The maximum atomic E-state index is 9.37. The Morgan fingerprint density at radius 3 is 2.50 bits per heavy atom. The quantitative estimate of drug-likeness (QED) is 0.826. The Bertz CT molecular complexity index is 487. The fourth-order valence-corrected chi connectivity index (χ4v) is 1.51. The third-order valence-corrected chi connectivity index (χ3v) is 2.35. The second-order valence-electron chi connectivity index (χ2n) is 3.74. The Balaban J connectivity index is 2.38. The van der Waals surface area contributed by atoms with Gasteiger partial charge < -0.3 is 5.11 Å². The lowest BCUT2D eigenvalue weighted by Crippen LogP contribution is -2.03. The SMILES string of the molecule is Cc1nc(C)n(-c2ccc([C@@H](C)O)cn2)n1. The molecule has 5 heteroatoms. The van der Waals surface area contributed by atoms with Gasteiger partial charge in [-0.3, -0.25) is 0 Å². The van der Waals surface area contributed by atoms with Crippen LogP contribution in [0.5, 0.6) is 0 Å². The van der Waals surface area contributed by atoms with Crippen LogP contribution in [0.1, 0.15) is 30.2 Å². The second-order valence-corrected chi connectivity index (χ2v) is 3.74. The van der Waals surface area contributed by atoms with Crippen molar-refractivity contribution < 1.29 is 5.11 Å². The van der Waals surface area contributed by atoms with Crippen LogP contribution in [0.4, 0.5) is 0 Å². The lowest BCUT2D eigenvalue weighted by Gasteiger charge is -2.05. The van der Waals surface area contributed by atoms with Gasteiger partial charge in [0, 0.05) is 6.20 Å². The number of nitrogens with zero attached hydrogens (tertiary/aromatic N) is 4. The standard InChI is InChI=1S/C11H14N4O/c1-7(16)10-4-5-11(12-6-10)15-9(3)13-8(2)14-15/h4-7,16H,1-3H3/t7-/m1/s1. The summed E-state index contributed by atoms with van der Waals surface area (Å²) in [5, 5.41) is 13.6. The van der Waals surface area contributed by atoms with E-state index in [9.17, 15) is 5.11 Å². The Morgan fingerprint density at radius 1 is 1.31 bits per heavy atom. The number of pyridine rings is 1. The lowest BCUT2D eigenvalue weighted by atomic mass is 10.2. The smallest absolute Gasteiger partial charge is 0.155 e. The van der Waals surface area contributed by atoms with Crippen LogP contribution in [0, 0.1) is 13.8 Å². The van der Waals surface area contributed by atoms with E-state index in [1.54, 1.807) is 17.8 Å². The number of aryl methyl sites for hydroxylation is 2. The molecule has 2 aromatic rings. The molecule has 0 unspecified atom stereocenters. The Kier molecular flexibility index (Phi) is 2.70. The molecule has 84 valence electrons. The average Bonchev–Trinajstić information content (AvgIpc) is 2.58. The first kappa shape index (κ1) is 10.8. The zero-order valence-corrected chi connectivity index (χ0v) is 9.55. The molecule has 0 fully saturated rings. The van der Waals surface area contributed by atoms with Crippen LogP contribution in [0.2, 0.25) is 0 Å².